The molecule has 0 radical (unpaired) electrons. The zero-order valence-electron chi connectivity index (χ0n) is 22.2. The van der Waals surface area contributed by atoms with Crippen LogP contribution in [0.4, 0.5) is 11.4 Å². The van der Waals surface area contributed by atoms with Gasteiger partial charge in [0, 0.05) is 72.0 Å². The molecule has 1 aromatic heterocycles. The summed E-state index contributed by atoms with van der Waals surface area (Å²) in [6.07, 6.45) is 3.49. The van der Waals surface area contributed by atoms with E-state index in [0.717, 1.165) is 53.9 Å². The first kappa shape index (κ1) is 25.4. The van der Waals surface area contributed by atoms with Gasteiger partial charge in [-0.25, -0.2) is 0 Å². The summed E-state index contributed by atoms with van der Waals surface area (Å²) in [4.78, 5) is 41.6. The van der Waals surface area contributed by atoms with Gasteiger partial charge in [0.25, 0.3) is 11.8 Å². The summed E-state index contributed by atoms with van der Waals surface area (Å²) in [6, 6.07) is 21.5. The van der Waals surface area contributed by atoms with Crippen molar-refractivity contribution in [2.24, 2.45) is 5.73 Å². The van der Waals surface area contributed by atoms with Gasteiger partial charge in [-0.15, -0.1) is 0 Å². The second kappa shape index (κ2) is 10.3. The van der Waals surface area contributed by atoms with Crippen LogP contribution in [0.5, 0.6) is 0 Å². The Morgan fingerprint density at radius 3 is 2.38 bits per heavy atom. The Hall–Kier alpha value is -4.89. The molecule has 3 amide bonds. The van der Waals surface area contributed by atoms with E-state index in [1.165, 1.54) is 5.69 Å². The van der Waals surface area contributed by atoms with E-state index in [9.17, 15) is 14.4 Å². The number of carbonyl (C=O) groups is 3. The third kappa shape index (κ3) is 4.94. The molecule has 0 unspecified atom stereocenters. The molecule has 2 aliphatic heterocycles. The smallest absolute Gasteiger partial charge is 0.260 e. The van der Waals surface area contributed by atoms with Crippen molar-refractivity contribution in [2.45, 2.75) is 6.54 Å². The highest BCUT2D eigenvalue weighted by molar-refractivity contribution is 6.31. The van der Waals surface area contributed by atoms with Crippen LogP contribution in [0.3, 0.4) is 0 Å². The van der Waals surface area contributed by atoms with Crippen molar-refractivity contribution in [1.29, 1.82) is 0 Å². The highest BCUT2D eigenvalue weighted by Crippen LogP contribution is 2.32. The summed E-state index contributed by atoms with van der Waals surface area (Å²) in [5, 5.41) is 6.64. The van der Waals surface area contributed by atoms with Crippen LogP contribution in [0.1, 0.15) is 15.9 Å². The van der Waals surface area contributed by atoms with Gasteiger partial charge in [0.05, 0.1) is 5.57 Å². The number of hydrogen-bond donors (Lipinski definition) is 3. The number of nitrogens with one attached hydrogen (secondary N) is 2. The van der Waals surface area contributed by atoms with Gasteiger partial charge in [-0.05, 0) is 72.8 Å². The number of hydrogen-bond acceptors (Lipinski definition) is 6. The molecule has 0 aliphatic carbocycles. The number of benzene rings is 3. The maximum Gasteiger partial charge on any atom is 0.260 e. The first-order valence-electron chi connectivity index (χ1n) is 13.2. The van der Waals surface area contributed by atoms with Crippen LogP contribution in [0.2, 0.25) is 0 Å². The summed E-state index contributed by atoms with van der Waals surface area (Å²) in [7, 11) is 2.14. The SMILES string of the molecule is CN1CCN(c2ccc(NC=C3C(=O)NC(=O)c4ccc(-c5ccc6c(ccn6CC(N)=O)c5)cc43)cc2)CC1. The molecule has 9 heteroatoms. The number of rotatable bonds is 6. The third-order valence-corrected chi connectivity index (χ3v) is 7.58. The molecule has 0 bridgehead atoms. The van der Waals surface area contributed by atoms with Crippen molar-refractivity contribution in [1.82, 2.24) is 14.8 Å². The van der Waals surface area contributed by atoms with Gasteiger partial charge >= 0.3 is 0 Å². The number of likely N-dealkylation sites (N-methyl/N-ethyl adjacent to an activating group) is 1. The predicted octanol–water partition coefficient (Wildman–Crippen LogP) is 3.27. The minimum Gasteiger partial charge on any atom is -0.369 e. The molecule has 3 aromatic carbocycles. The number of nitrogens with zero attached hydrogens (tertiary/aromatic N) is 3. The van der Waals surface area contributed by atoms with Crippen molar-refractivity contribution in [3.05, 3.63) is 90.3 Å². The van der Waals surface area contributed by atoms with Crippen molar-refractivity contribution in [3.63, 3.8) is 0 Å². The van der Waals surface area contributed by atoms with Crippen LogP contribution in [-0.2, 0) is 16.1 Å². The highest BCUT2D eigenvalue weighted by Gasteiger charge is 2.27. The number of aromatic nitrogens is 1. The van der Waals surface area contributed by atoms with E-state index in [2.05, 4.69) is 39.6 Å². The van der Waals surface area contributed by atoms with Gasteiger partial charge < -0.3 is 25.4 Å². The fraction of sp³-hybridized carbons (Fsp3) is 0.194. The zero-order valence-corrected chi connectivity index (χ0v) is 22.2. The Kier molecular flexibility index (Phi) is 6.57. The molecule has 202 valence electrons. The lowest BCUT2D eigenvalue weighted by atomic mass is 9.91. The third-order valence-electron chi connectivity index (χ3n) is 7.58. The van der Waals surface area contributed by atoms with Crippen LogP contribution < -0.4 is 21.3 Å². The van der Waals surface area contributed by atoms with Crippen LogP contribution >= 0.6 is 0 Å². The molecule has 2 aliphatic rings. The summed E-state index contributed by atoms with van der Waals surface area (Å²) >= 11 is 0. The van der Waals surface area contributed by atoms with E-state index in [4.69, 9.17) is 5.73 Å². The lowest BCUT2D eigenvalue weighted by Gasteiger charge is -2.34. The molecular weight excluding hydrogens is 504 g/mol. The highest BCUT2D eigenvalue weighted by atomic mass is 16.2. The van der Waals surface area contributed by atoms with Crippen LogP contribution in [-0.4, -0.2) is 60.4 Å². The topological polar surface area (TPSA) is 113 Å². The van der Waals surface area contributed by atoms with Gasteiger partial charge in [0.2, 0.25) is 5.91 Å². The summed E-state index contributed by atoms with van der Waals surface area (Å²) < 4.78 is 1.81. The van der Waals surface area contributed by atoms with Crippen LogP contribution in [0, 0.1) is 0 Å². The van der Waals surface area contributed by atoms with Crippen LogP contribution in [0.25, 0.3) is 27.6 Å². The van der Waals surface area contributed by atoms with Gasteiger partial charge in [-0.1, -0.05) is 12.1 Å². The maximum absolute atomic E-state index is 12.9. The quantitative estimate of drug-likeness (QED) is 0.259. The van der Waals surface area contributed by atoms with Gasteiger partial charge in [0.15, 0.2) is 0 Å². The zero-order chi connectivity index (χ0) is 27.8. The molecule has 3 heterocycles. The number of piperazine rings is 1. The Morgan fingerprint density at radius 2 is 1.62 bits per heavy atom. The van der Waals surface area contributed by atoms with Gasteiger partial charge in [-0.3, -0.25) is 19.7 Å². The summed E-state index contributed by atoms with van der Waals surface area (Å²) in [5.41, 5.74) is 11.5. The molecule has 1 saturated heterocycles. The average Bonchev–Trinajstić information content (AvgIpc) is 3.34. The molecule has 6 rings (SSSR count). The Morgan fingerprint density at radius 1 is 0.900 bits per heavy atom. The van der Waals surface area contributed by atoms with Crippen molar-refractivity contribution < 1.29 is 14.4 Å². The van der Waals surface area contributed by atoms with Crippen LogP contribution in [0.15, 0.2) is 79.1 Å². The maximum atomic E-state index is 12.9. The normalized spacial score (nSPS) is 16.7. The standard InChI is InChI=1S/C31H30N6O3/c1-35-12-14-36(15-13-35)24-6-4-23(5-7-24)33-18-27-26-17-21(2-8-25(26)30(39)34-31(27)40)20-3-9-28-22(16-20)10-11-37(28)19-29(32)38/h2-11,16-18,33H,12-15,19H2,1H3,(H2,32,38)(H,34,39,40). The number of amides is 3. The van der Waals surface area contributed by atoms with Crippen molar-refractivity contribution in [2.75, 3.05) is 43.4 Å². The number of nitrogens with two attached hydrogens (primary N) is 1. The molecule has 0 spiro atoms. The van der Waals surface area contributed by atoms with E-state index >= 15 is 0 Å². The molecule has 40 heavy (non-hydrogen) atoms. The second-order valence-electron chi connectivity index (χ2n) is 10.3. The monoisotopic (exact) mass is 534 g/mol. The predicted molar refractivity (Wildman–Crippen MR) is 157 cm³/mol. The number of imide groups is 1. The Bertz CT molecular complexity index is 1660. The summed E-state index contributed by atoms with van der Waals surface area (Å²) in [5.74, 6) is -1.27. The molecule has 4 aromatic rings. The van der Waals surface area contributed by atoms with Crippen molar-refractivity contribution in [3.8, 4) is 11.1 Å². The first-order valence-corrected chi connectivity index (χ1v) is 13.2. The Labute approximate surface area is 231 Å². The number of fused-ring (bicyclic) bond motifs is 2. The van der Waals surface area contributed by atoms with E-state index in [1.807, 2.05) is 59.3 Å². The molecule has 4 N–H and O–H groups in total. The lowest BCUT2D eigenvalue weighted by molar-refractivity contribution is -0.118. The number of carbonyl (C=O) groups excluding carboxylic acids is 3. The van der Waals surface area contributed by atoms with E-state index in [0.29, 0.717) is 16.7 Å². The molecule has 0 saturated carbocycles. The molecule has 9 nitrogen and oxygen atoms in total. The molecule has 1 fully saturated rings. The number of anilines is 2. The summed E-state index contributed by atoms with van der Waals surface area (Å²) in [6.45, 7) is 4.17. The molecular formula is C31H30N6O3. The number of primary amides is 1. The van der Waals surface area contributed by atoms with E-state index < -0.39 is 17.7 Å². The minimum atomic E-state index is -0.449. The largest absolute Gasteiger partial charge is 0.369 e. The van der Waals surface area contributed by atoms with Gasteiger partial charge in [0.1, 0.15) is 6.54 Å². The fourth-order valence-electron chi connectivity index (χ4n) is 5.32. The second-order valence-corrected chi connectivity index (χ2v) is 10.3. The Balaban J connectivity index is 1.27. The fourth-order valence-corrected chi connectivity index (χ4v) is 5.32. The van der Waals surface area contributed by atoms with E-state index in [-0.39, 0.29) is 6.54 Å². The van der Waals surface area contributed by atoms with E-state index in [1.54, 1.807) is 12.3 Å². The van der Waals surface area contributed by atoms with Crippen molar-refractivity contribution >= 4 is 45.6 Å². The first-order chi connectivity index (χ1) is 19.4. The van der Waals surface area contributed by atoms with Gasteiger partial charge in [-0.2, -0.15) is 0 Å². The average molecular weight is 535 g/mol. The minimum absolute atomic E-state index is 0.110. The lowest BCUT2D eigenvalue weighted by Crippen LogP contribution is -2.44. The molecule has 0 atom stereocenters.